The van der Waals surface area contributed by atoms with Crippen LogP contribution in [0, 0.1) is 5.92 Å². The van der Waals surface area contributed by atoms with Gasteiger partial charge in [-0.15, -0.1) is 33.4 Å². The molecule has 1 atom stereocenters. The van der Waals surface area contributed by atoms with E-state index in [1.807, 2.05) is 12.1 Å². The van der Waals surface area contributed by atoms with Crippen molar-refractivity contribution in [3.8, 4) is 22.9 Å². The number of nitrogen functional groups attached to an aromatic ring is 1. The smallest absolute Gasteiger partial charge is 0.210 e. The third-order valence-corrected chi connectivity index (χ3v) is 5.71. The van der Waals surface area contributed by atoms with Crippen molar-refractivity contribution in [2.75, 3.05) is 25.8 Å². The molecule has 1 aromatic carbocycles. The minimum absolute atomic E-state index is 0.261. The fourth-order valence-electron chi connectivity index (χ4n) is 2.17. The van der Waals surface area contributed by atoms with Gasteiger partial charge in [0.05, 0.1) is 14.2 Å². The maximum Gasteiger partial charge on any atom is 0.210 e. The van der Waals surface area contributed by atoms with E-state index in [0.717, 1.165) is 17.7 Å². The van der Waals surface area contributed by atoms with Gasteiger partial charge in [-0.2, -0.15) is 0 Å². The number of benzene rings is 1. The number of nitrogens with two attached hydrogens (primary N) is 1. The van der Waals surface area contributed by atoms with Gasteiger partial charge in [0.15, 0.2) is 17.3 Å². The Kier molecular flexibility index (Phi) is 4.53. The molecule has 0 radical (unpaired) electrons. The highest BCUT2D eigenvalue weighted by atomic mass is 35.5. The summed E-state index contributed by atoms with van der Waals surface area (Å²) in [5.41, 5.74) is 0.792. The van der Waals surface area contributed by atoms with Gasteiger partial charge in [0.1, 0.15) is 4.33 Å². The maximum atomic E-state index is 6.10. The van der Waals surface area contributed by atoms with E-state index in [-0.39, 0.29) is 5.92 Å². The molecule has 1 aromatic heterocycles. The highest BCUT2D eigenvalue weighted by molar-refractivity contribution is 7.99. The average Bonchev–Trinajstić information content (AvgIpc) is 2.99. The molecule has 1 fully saturated rings. The summed E-state index contributed by atoms with van der Waals surface area (Å²) in [5.74, 6) is 8.92. The molecular formula is C14H16Cl2N4O2S. The number of nitrogens with zero attached hydrogens (tertiary/aromatic N) is 3. The summed E-state index contributed by atoms with van der Waals surface area (Å²) < 4.78 is 11.4. The van der Waals surface area contributed by atoms with Crippen LogP contribution >= 0.6 is 35.0 Å². The van der Waals surface area contributed by atoms with Crippen molar-refractivity contribution in [2.24, 2.45) is 5.92 Å². The Labute approximate surface area is 148 Å². The fourth-order valence-corrected chi connectivity index (χ4v) is 3.96. The van der Waals surface area contributed by atoms with Crippen LogP contribution in [0.3, 0.4) is 0 Å². The van der Waals surface area contributed by atoms with Crippen LogP contribution in [0.4, 0.5) is 0 Å². The van der Waals surface area contributed by atoms with Gasteiger partial charge in [-0.1, -0.05) is 11.8 Å². The molecule has 0 saturated heterocycles. The summed E-state index contributed by atoms with van der Waals surface area (Å²) in [6.07, 6.45) is 0.796. The van der Waals surface area contributed by atoms with Gasteiger partial charge in [0.25, 0.3) is 0 Å². The lowest BCUT2D eigenvalue weighted by atomic mass is 10.2. The summed E-state index contributed by atoms with van der Waals surface area (Å²) in [6.45, 7) is 0. The quantitative estimate of drug-likeness (QED) is 0.475. The zero-order valence-electron chi connectivity index (χ0n) is 12.6. The van der Waals surface area contributed by atoms with Crippen LogP contribution in [0.5, 0.6) is 11.5 Å². The van der Waals surface area contributed by atoms with E-state index in [9.17, 15) is 0 Å². The molecule has 0 aliphatic heterocycles. The number of aromatic nitrogens is 3. The number of halogens is 2. The topological polar surface area (TPSA) is 75.2 Å². The molecule has 6 nitrogen and oxygen atoms in total. The normalized spacial score (nSPS) is 18.7. The Morgan fingerprint density at radius 2 is 2.00 bits per heavy atom. The zero-order valence-corrected chi connectivity index (χ0v) is 15.0. The van der Waals surface area contributed by atoms with Crippen LogP contribution in [0.1, 0.15) is 6.42 Å². The van der Waals surface area contributed by atoms with E-state index in [1.165, 1.54) is 16.4 Å². The van der Waals surface area contributed by atoms with Crippen molar-refractivity contribution >= 4 is 35.0 Å². The van der Waals surface area contributed by atoms with Crippen LogP contribution < -0.4 is 15.3 Å². The molecule has 1 saturated carbocycles. The second-order valence-electron chi connectivity index (χ2n) is 5.22. The molecule has 2 aromatic rings. The average molecular weight is 375 g/mol. The summed E-state index contributed by atoms with van der Waals surface area (Å²) in [4.78, 5) is 0. The Balaban J connectivity index is 1.78. The standard InChI is InChI=1S/C14H16Cl2N4O2S/c1-21-10-4-3-8(5-11(10)22-2)12-18-19-13(20(12)17)23-7-9-6-14(9,15)16/h3-5,9H,6-7,17H2,1-2H3/t9-/m1/s1. The highest BCUT2D eigenvalue weighted by Crippen LogP contribution is 2.54. The van der Waals surface area contributed by atoms with Crippen molar-refractivity contribution in [1.29, 1.82) is 0 Å². The molecule has 0 amide bonds. The molecule has 0 unspecified atom stereocenters. The Hall–Kier alpha value is -1.31. The molecule has 3 rings (SSSR count). The van der Waals surface area contributed by atoms with Gasteiger partial charge in [0.2, 0.25) is 5.16 Å². The summed E-state index contributed by atoms with van der Waals surface area (Å²) in [6, 6.07) is 5.46. The van der Waals surface area contributed by atoms with Crippen LogP contribution in [-0.4, -0.2) is 39.2 Å². The number of ether oxygens (including phenoxy) is 2. The lowest BCUT2D eigenvalue weighted by molar-refractivity contribution is 0.355. The third kappa shape index (κ3) is 3.32. The molecule has 0 bridgehead atoms. The first-order valence-electron chi connectivity index (χ1n) is 6.89. The molecular weight excluding hydrogens is 359 g/mol. The van der Waals surface area contributed by atoms with Crippen LogP contribution in [0.2, 0.25) is 0 Å². The third-order valence-electron chi connectivity index (χ3n) is 3.68. The maximum absolute atomic E-state index is 6.10. The number of hydrogen-bond donors (Lipinski definition) is 1. The van der Waals surface area contributed by atoms with Gasteiger partial charge >= 0.3 is 0 Å². The summed E-state index contributed by atoms with van der Waals surface area (Å²) >= 11 is 13.5. The van der Waals surface area contributed by atoms with Gasteiger partial charge in [0, 0.05) is 17.2 Å². The minimum atomic E-state index is -0.599. The Morgan fingerprint density at radius 3 is 2.61 bits per heavy atom. The zero-order chi connectivity index (χ0) is 16.6. The molecule has 124 valence electrons. The molecule has 23 heavy (non-hydrogen) atoms. The van der Waals surface area contributed by atoms with E-state index < -0.39 is 4.33 Å². The van der Waals surface area contributed by atoms with Crippen molar-refractivity contribution in [1.82, 2.24) is 14.9 Å². The predicted molar refractivity (Wildman–Crippen MR) is 92.0 cm³/mol. The van der Waals surface area contributed by atoms with Crippen molar-refractivity contribution in [3.05, 3.63) is 18.2 Å². The molecule has 9 heteroatoms. The van der Waals surface area contributed by atoms with Gasteiger partial charge in [-0.05, 0) is 24.6 Å². The minimum Gasteiger partial charge on any atom is -0.493 e. The molecule has 1 aliphatic rings. The van der Waals surface area contributed by atoms with Crippen LogP contribution in [0.25, 0.3) is 11.4 Å². The Bertz CT molecular complexity index is 723. The van der Waals surface area contributed by atoms with Crippen LogP contribution in [0.15, 0.2) is 23.4 Å². The first-order chi connectivity index (χ1) is 11.0. The summed E-state index contributed by atoms with van der Waals surface area (Å²) in [5, 5.41) is 8.90. The van der Waals surface area contributed by atoms with Crippen molar-refractivity contribution in [2.45, 2.75) is 15.9 Å². The first-order valence-corrected chi connectivity index (χ1v) is 8.64. The fraction of sp³-hybridized carbons (Fsp3) is 0.429. The molecule has 0 spiro atoms. The van der Waals surface area contributed by atoms with E-state index in [2.05, 4.69) is 10.2 Å². The SMILES string of the molecule is COc1ccc(-c2nnc(SC[C@H]3CC3(Cl)Cl)n2N)cc1OC. The van der Waals surface area contributed by atoms with E-state index in [0.29, 0.717) is 22.5 Å². The first kappa shape index (κ1) is 16.5. The van der Waals surface area contributed by atoms with Gasteiger partial charge < -0.3 is 15.3 Å². The monoisotopic (exact) mass is 374 g/mol. The predicted octanol–water partition coefficient (Wildman–Crippen LogP) is 2.96. The highest BCUT2D eigenvalue weighted by Gasteiger charge is 2.51. The number of hydrogen-bond acceptors (Lipinski definition) is 6. The number of rotatable bonds is 6. The number of alkyl halides is 2. The van der Waals surface area contributed by atoms with Gasteiger partial charge in [-0.25, -0.2) is 4.68 Å². The molecule has 1 heterocycles. The summed E-state index contributed by atoms with van der Waals surface area (Å²) in [7, 11) is 3.17. The largest absolute Gasteiger partial charge is 0.493 e. The molecule has 2 N–H and O–H groups in total. The lowest BCUT2D eigenvalue weighted by Crippen LogP contribution is -2.12. The van der Waals surface area contributed by atoms with Crippen molar-refractivity contribution in [3.63, 3.8) is 0 Å². The van der Waals surface area contributed by atoms with E-state index in [1.54, 1.807) is 20.3 Å². The number of thioether (sulfide) groups is 1. The molecule has 1 aliphatic carbocycles. The van der Waals surface area contributed by atoms with Gasteiger partial charge in [-0.3, -0.25) is 0 Å². The second kappa shape index (κ2) is 6.30. The van der Waals surface area contributed by atoms with Crippen molar-refractivity contribution < 1.29 is 9.47 Å². The van der Waals surface area contributed by atoms with E-state index >= 15 is 0 Å². The Morgan fingerprint density at radius 1 is 1.30 bits per heavy atom. The van der Waals surface area contributed by atoms with E-state index in [4.69, 9.17) is 38.5 Å². The second-order valence-corrected chi connectivity index (χ2v) is 7.75. The lowest BCUT2D eigenvalue weighted by Gasteiger charge is -2.09. The number of methoxy groups -OCH3 is 2. The van der Waals surface area contributed by atoms with Crippen LogP contribution in [-0.2, 0) is 0 Å².